The molecule has 7 heteroatoms. The second kappa shape index (κ2) is 5.40. The van der Waals surface area contributed by atoms with Gasteiger partial charge in [0.25, 0.3) is 0 Å². The number of fused-ring (bicyclic) bond motifs is 1. The Morgan fingerprint density at radius 3 is 2.90 bits per heavy atom. The average molecular weight is 308 g/mol. The summed E-state index contributed by atoms with van der Waals surface area (Å²) in [4.78, 5) is 0. The Labute approximate surface area is 124 Å². The molecule has 1 aromatic carbocycles. The standard InChI is InChI=1S/C14H20N4O2S/c1-18-14-5-3-2-4-11(14)13(17-18)8-12(16-15)10-6-7-21(19,20)9-10/h2-5,10,12,16H,6-9,15H2,1H3. The van der Waals surface area contributed by atoms with Gasteiger partial charge in [-0.15, -0.1) is 0 Å². The number of hydrogen-bond acceptors (Lipinski definition) is 5. The lowest BCUT2D eigenvalue weighted by atomic mass is 9.95. The van der Waals surface area contributed by atoms with E-state index in [1.165, 1.54) is 0 Å². The average Bonchev–Trinajstić information content (AvgIpc) is 2.97. The third-order valence-electron chi connectivity index (χ3n) is 4.30. The second-order valence-corrected chi connectivity index (χ2v) is 7.96. The Morgan fingerprint density at radius 1 is 1.48 bits per heavy atom. The Morgan fingerprint density at radius 2 is 2.24 bits per heavy atom. The largest absolute Gasteiger partial charge is 0.271 e. The first-order chi connectivity index (χ1) is 10.00. The summed E-state index contributed by atoms with van der Waals surface area (Å²) in [5, 5.41) is 5.66. The molecular weight excluding hydrogens is 288 g/mol. The summed E-state index contributed by atoms with van der Waals surface area (Å²) in [7, 11) is -0.988. The van der Waals surface area contributed by atoms with Crippen LogP contribution in [0.15, 0.2) is 24.3 Å². The fraction of sp³-hybridized carbons (Fsp3) is 0.500. The van der Waals surface area contributed by atoms with Crippen LogP contribution < -0.4 is 11.3 Å². The molecule has 3 N–H and O–H groups in total. The summed E-state index contributed by atoms with van der Waals surface area (Å²) < 4.78 is 25.1. The molecule has 6 nitrogen and oxygen atoms in total. The van der Waals surface area contributed by atoms with Crippen LogP contribution in [-0.2, 0) is 23.3 Å². The number of nitrogens with zero attached hydrogens (tertiary/aromatic N) is 2. The van der Waals surface area contributed by atoms with Crippen molar-refractivity contribution in [3.8, 4) is 0 Å². The number of hydrogen-bond donors (Lipinski definition) is 2. The van der Waals surface area contributed by atoms with Gasteiger partial charge in [0.2, 0.25) is 0 Å². The molecule has 2 heterocycles. The highest BCUT2D eigenvalue weighted by Gasteiger charge is 2.33. The number of nitrogens with two attached hydrogens (primary N) is 1. The molecule has 1 saturated heterocycles. The zero-order chi connectivity index (χ0) is 15.0. The predicted molar refractivity (Wildman–Crippen MR) is 82.3 cm³/mol. The third kappa shape index (κ3) is 2.81. The molecule has 0 aliphatic carbocycles. The van der Waals surface area contributed by atoms with E-state index < -0.39 is 9.84 Å². The molecule has 2 aromatic rings. The Bertz CT molecular complexity index is 753. The van der Waals surface area contributed by atoms with Crippen molar-refractivity contribution in [2.45, 2.75) is 18.9 Å². The van der Waals surface area contributed by atoms with Crippen molar-refractivity contribution in [3.05, 3.63) is 30.0 Å². The zero-order valence-corrected chi connectivity index (χ0v) is 12.8. The monoisotopic (exact) mass is 308 g/mol. The van der Waals surface area contributed by atoms with Gasteiger partial charge in [0, 0.05) is 24.9 Å². The minimum Gasteiger partial charge on any atom is -0.271 e. The van der Waals surface area contributed by atoms with Crippen molar-refractivity contribution in [2.75, 3.05) is 11.5 Å². The number of nitrogens with one attached hydrogen (secondary N) is 1. The molecule has 0 bridgehead atoms. The van der Waals surface area contributed by atoms with Crippen LogP contribution in [0, 0.1) is 5.92 Å². The summed E-state index contributed by atoms with van der Waals surface area (Å²) in [6, 6.07) is 7.96. The van der Waals surface area contributed by atoms with Crippen molar-refractivity contribution in [2.24, 2.45) is 18.8 Å². The Balaban J connectivity index is 1.86. The van der Waals surface area contributed by atoms with E-state index in [2.05, 4.69) is 10.5 Å². The summed E-state index contributed by atoms with van der Waals surface area (Å²) in [6.45, 7) is 0. The molecule has 21 heavy (non-hydrogen) atoms. The number of aryl methyl sites for hydroxylation is 1. The number of sulfone groups is 1. The lowest BCUT2D eigenvalue weighted by molar-refractivity contribution is 0.382. The van der Waals surface area contributed by atoms with Crippen LogP contribution in [0.3, 0.4) is 0 Å². The summed E-state index contributed by atoms with van der Waals surface area (Å²) in [6.07, 6.45) is 1.31. The van der Waals surface area contributed by atoms with Crippen molar-refractivity contribution in [1.29, 1.82) is 0 Å². The van der Waals surface area contributed by atoms with E-state index in [0.717, 1.165) is 16.6 Å². The maximum absolute atomic E-state index is 11.6. The van der Waals surface area contributed by atoms with Gasteiger partial charge in [-0.3, -0.25) is 16.0 Å². The van der Waals surface area contributed by atoms with Gasteiger partial charge in [-0.25, -0.2) is 8.42 Å². The lowest BCUT2D eigenvalue weighted by Crippen LogP contribution is -2.43. The smallest absolute Gasteiger partial charge is 0.150 e. The molecular formula is C14H20N4O2S. The van der Waals surface area contributed by atoms with E-state index in [1.54, 1.807) is 0 Å². The van der Waals surface area contributed by atoms with Crippen molar-refractivity contribution in [1.82, 2.24) is 15.2 Å². The number of aromatic nitrogens is 2. The molecule has 2 atom stereocenters. The highest BCUT2D eigenvalue weighted by atomic mass is 32.2. The molecule has 0 spiro atoms. The highest BCUT2D eigenvalue weighted by molar-refractivity contribution is 7.91. The van der Waals surface area contributed by atoms with Crippen molar-refractivity contribution >= 4 is 20.7 Å². The maximum atomic E-state index is 11.6. The summed E-state index contributed by atoms with van der Waals surface area (Å²) >= 11 is 0. The fourth-order valence-electron chi connectivity index (χ4n) is 3.15. The summed E-state index contributed by atoms with van der Waals surface area (Å²) in [5.74, 6) is 6.19. The minimum absolute atomic E-state index is 0.0563. The minimum atomic E-state index is -2.90. The molecule has 0 amide bonds. The van der Waals surface area contributed by atoms with Crippen LogP contribution in [0.25, 0.3) is 10.9 Å². The van der Waals surface area contributed by atoms with Crippen molar-refractivity contribution < 1.29 is 8.42 Å². The Hall–Kier alpha value is -1.44. The van der Waals surface area contributed by atoms with Crippen LogP contribution in [0.4, 0.5) is 0 Å². The normalized spacial score (nSPS) is 22.7. The van der Waals surface area contributed by atoms with E-state index in [9.17, 15) is 8.42 Å². The fourth-order valence-corrected chi connectivity index (χ4v) is 5.03. The molecule has 114 valence electrons. The highest BCUT2D eigenvalue weighted by Crippen LogP contribution is 2.25. The molecule has 1 aliphatic heterocycles. The van der Waals surface area contributed by atoms with Gasteiger partial charge < -0.3 is 0 Å². The number of benzene rings is 1. The topological polar surface area (TPSA) is 90.0 Å². The molecule has 3 rings (SSSR count). The van der Waals surface area contributed by atoms with Gasteiger partial charge in [0.15, 0.2) is 9.84 Å². The van der Waals surface area contributed by atoms with Gasteiger partial charge in [-0.05, 0) is 18.4 Å². The van der Waals surface area contributed by atoms with Crippen LogP contribution >= 0.6 is 0 Å². The van der Waals surface area contributed by atoms with Crippen LogP contribution in [0.5, 0.6) is 0 Å². The molecule has 2 unspecified atom stereocenters. The van der Waals surface area contributed by atoms with Gasteiger partial charge in [-0.2, -0.15) is 5.10 Å². The first-order valence-electron chi connectivity index (χ1n) is 7.07. The first-order valence-corrected chi connectivity index (χ1v) is 8.89. The molecule has 0 radical (unpaired) electrons. The van der Waals surface area contributed by atoms with E-state index in [4.69, 9.17) is 5.84 Å². The molecule has 1 aliphatic rings. The van der Waals surface area contributed by atoms with Gasteiger partial charge >= 0.3 is 0 Å². The predicted octanol–water partition coefficient (Wildman–Crippen LogP) is 0.382. The van der Waals surface area contributed by atoms with Crippen LogP contribution in [-0.4, -0.2) is 35.7 Å². The quantitative estimate of drug-likeness (QED) is 0.629. The number of hydrazine groups is 1. The van der Waals surface area contributed by atoms with E-state index >= 15 is 0 Å². The van der Waals surface area contributed by atoms with E-state index in [1.807, 2.05) is 36.0 Å². The molecule has 0 saturated carbocycles. The maximum Gasteiger partial charge on any atom is 0.150 e. The molecule has 1 aromatic heterocycles. The van der Waals surface area contributed by atoms with Gasteiger partial charge in [0.05, 0.1) is 22.7 Å². The Kier molecular flexibility index (Phi) is 3.73. The number of para-hydroxylation sites is 1. The second-order valence-electron chi connectivity index (χ2n) is 5.73. The van der Waals surface area contributed by atoms with E-state index in [0.29, 0.717) is 12.8 Å². The third-order valence-corrected chi connectivity index (χ3v) is 6.09. The van der Waals surface area contributed by atoms with Crippen LogP contribution in [0.2, 0.25) is 0 Å². The SMILES string of the molecule is Cn1nc(CC(NN)C2CCS(=O)(=O)C2)c2ccccc21. The van der Waals surface area contributed by atoms with Gasteiger partial charge in [0.1, 0.15) is 0 Å². The summed E-state index contributed by atoms with van der Waals surface area (Å²) in [5.41, 5.74) is 4.82. The van der Waals surface area contributed by atoms with Crippen LogP contribution in [0.1, 0.15) is 12.1 Å². The lowest BCUT2D eigenvalue weighted by Gasteiger charge is -2.20. The first kappa shape index (κ1) is 14.5. The number of rotatable bonds is 4. The molecule has 1 fully saturated rings. The van der Waals surface area contributed by atoms with Gasteiger partial charge in [-0.1, -0.05) is 18.2 Å². The zero-order valence-electron chi connectivity index (χ0n) is 12.0. The van der Waals surface area contributed by atoms with E-state index in [-0.39, 0.29) is 23.5 Å². The van der Waals surface area contributed by atoms with Crippen molar-refractivity contribution in [3.63, 3.8) is 0 Å².